The molecule has 0 unspecified atom stereocenters. The molecule has 0 spiro atoms. The van der Waals surface area contributed by atoms with Crippen molar-refractivity contribution in [1.82, 2.24) is 14.6 Å². The van der Waals surface area contributed by atoms with Crippen LogP contribution in [0.5, 0.6) is 0 Å². The molecule has 0 amide bonds. The third-order valence-corrected chi connectivity index (χ3v) is 1.61. The number of rotatable bonds is 2. The van der Waals surface area contributed by atoms with Gasteiger partial charge in [-0.1, -0.05) is 0 Å². The Labute approximate surface area is 80.5 Å². The Balaban J connectivity index is 2.25. The highest BCUT2D eigenvalue weighted by Gasteiger charge is 1.98. The summed E-state index contributed by atoms with van der Waals surface area (Å²) in [6.45, 7) is 0. The zero-order valence-corrected chi connectivity index (χ0v) is 7.38. The van der Waals surface area contributed by atoms with Crippen molar-refractivity contribution in [2.75, 3.05) is 16.9 Å². The molecule has 2 heterocycles. The van der Waals surface area contributed by atoms with Gasteiger partial charge in [0, 0.05) is 18.5 Å². The highest BCUT2D eigenvalue weighted by molar-refractivity contribution is 5.48. The molecule has 0 aliphatic heterocycles. The van der Waals surface area contributed by atoms with E-state index in [9.17, 15) is 0 Å². The molecule has 0 radical (unpaired) electrons. The van der Waals surface area contributed by atoms with Crippen molar-refractivity contribution < 1.29 is 0 Å². The van der Waals surface area contributed by atoms with Crippen LogP contribution in [-0.2, 0) is 0 Å². The summed E-state index contributed by atoms with van der Waals surface area (Å²) in [5.74, 6) is 1.05. The molecule has 0 aliphatic carbocycles. The summed E-state index contributed by atoms with van der Waals surface area (Å²) in [5.41, 5.74) is 13.9. The van der Waals surface area contributed by atoms with Gasteiger partial charge in [-0.3, -0.25) is 10.1 Å². The van der Waals surface area contributed by atoms with Crippen molar-refractivity contribution >= 4 is 17.6 Å². The predicted octanol–water partition coefficient (Wildman–Crippen LogP) is 0.318. The Bertz CT molecular complexity index is 401. The summed E-state index contributed by atoms with van der Waals surface area (Å²) in [7, 11) is 0. The second-order valence-corrected chi connectivity index (χ2v) is 2.74. The van der Waals surface area contributed by atoms with E-state index in [4.69, 9.17) is 11.5 Å². The third kappa shape index (κ3) is 1.74. The zero-order chi connectivity index (χ0) is 9.97. The number of nitrogens with one attached hydrogen (secondary N) is 1. The summed E-state index contributed by atoms with van der Waals surface area (Å²) in [4.78, 5) is 7.72. The molecule has 0 aliphatic rings. The Morgan fingerprint density at radius 1 is 1.14 bits per heavy atom. The Kier molecular flexibility index (Phi) is 1.94. The molecule has 72 valence electrons. The average Bonchev–Trinajstić information content (AvgIpc) is 2.54. The summed E-state index contributed by atoms with van der Waals surface area (Å²) in [6, 6.07) is 5.39. The number of nitrogens with zero attached hydrogens (tertiary/aromatic N) is 3. The molecule has 0 atom stereocenters. The molecule has 2 aromatic rings. The molecule has 0 bridgehead atoms. The molecule has 0 saturated carbocycles. The lowest BCUT2D eigenvalue weighted by Crippen LogP contribution is -2.10. The van der Waals surface area contributed by atoms with Gasteiger partial charge in [-0.15, -0.1) is 0 Å². The van der Waals surface area contributed by atoms with Crippen molar-refractivity contribution in [2.45, 2.75) is 0 Å². The van der Waals surface area contributed by atoms with E-state index in [-0.39, 0.29) is 5.95 Å². The standard InChI is InChI=1S/C8H10N6/c9-6-5-7(12-8(10)11-6)13-14-3-1-2-4-14/h1-5H,(H5,9,10,11,12,13). The first-order valence-electron chi connectivity index (χ1n) is 4.04. The van der Waals surface area contributed by atoms with E-state index in [0.29, 0.717) is 11.6 Å². The van der Waals surface area contributed by atoms with Gasteiger partial charge >= 0.3 is 0 Å². The van der Waals surface area contributed by atoms with Gasteiger partial charge in [0.25, 0.3) is 0 Å². The fourth-order valence-corrected chi connectivity index (χ4v) is 1.08. The fourth-order valence-electron chi connectivity index (χ4n) is 1.08. The summed E-state index contributed by atoms with van der Waals surface area (Å²) >= 11 is 0. The van der Waals surface area contributed by atoms with E-state index in [1.165, 1.54) is 0 Å². The van der Waals surface area contributed by atoms with Crippen molar-refractivity contribution in [1.29, 1.82) is 0 Å². The fraction of sp³-hybridized carbons (Fsp3) is 0. The second kappa shape index (κ2) is 3.25. The molecule has 0 aromatic carbocycles. The van der Waals surface area contributed by atoms with Crippen molar-refractivity contribution in [3.8, 4) is 0 Å². The SMILES string of the molecule is Nc1cc(Nn2cccc2)nc(N)n1. The number of nitrogens with two attached hydrogens (primary N) is 2. The van der Waals surface area contributed by atoms with E-state index in [1.807, 2.05) is 24.5 Å². The number of hydrogen-bond donors (Lipinski definition) is 3. The van der Waals surface area contributed by atoms with Crippen LogP contribution in [0.25, 0.3) is 0 Å². The minimum absolute atomic E-state index is 0.152. The van der Waals surface area contributed by atoms with Crippen LogP contribution in [0.2, 0.25) is 0 Å². The van der Waals surface area contributed by atoms with E-state index < -0.39 is 0 Å². The van der Waals surface area contributed by atoms with E-state index in [0.717, 1.165) is 0 Å². The number of anilines is 3. The lowest BCUT2D eigenvalue weighted by atomic mass is 10.5. The van der Waals surface area contributed by atoms with Gasteiger partial charge < -0.3 is 11.5 Å². The first-order valence-corrected chi connectivity index (χ1v) is 4.04. The van der Waals surface area contributed by atoms with Crippen LogP contribution in [0, 0.1) is 0 Å². The molecule has 5 N–H and O–H groups in total. The van der Waals surface area contributed by atoms with Crippen molar-refractivity contribution in [3.63, 3.8) is 0 Å². The second-order valence-electron chi connectivity index (χ2n) is 2.74. The minimum Gasteiger partial charge on any atom is -0.383 e. The number of hydrogen-bond acceptors (Lipinski definition) is 5. The van der Waals surface area contributed by atoms with Crippen LogP contribution in [0.1, 0.15) is 0 Å². The lowest BCUT2D eigenvalue weighted by Gasteiger charge is -2.06. The highest BCUT2D eigenvalue weighted by Crippen LogP contribution is 2.09. The van der Waals surface area contributed by atoms with Crippen LogP contribution in [0.15, 0.2) is 30.6 Å². The number of aromatic nitrogens is 3. The van der Waals surface area contributed by atoms with Gasteiger partial charge in [-0.2, -0.15) is 9.97 Å². The Morgan fingerprint density at radius 2 is 1.86 bits per heavy atom. The summed E-state index contributed by atoms with van der Waals surface area (Å²) in [5, 5.41) is 0. The molecule has 6 nitrogen and oxygen atoms in total. The molecule has 14 heavy (non-hydrogen) atoms. The normalized spacial score (nSPS) is 10.0. The molecule has 6 heteroatoms. The summed E-state index contributed by atoms with van der Waals surface area (Å²) < 4.78 is 1.74. The minimum atomic E-state index is 0.152. The van der Waals surface area contributed by atoms with Gasteiger partial charge in [0.1, 0.15) is 5.82 Å². The van der Waals surface area contributed by atoms with Crippen molar-refractivity contribution in [2.24, 2.45) is 0 Å². The largest absolute Gasteiger partial charge is 0.383 e. The first kappa shape index (κ1) is 8.36. The maximum atomic E-state index is 5.51. The molecule has 0 fully saturated rings. The Morgan fingerprint density at radius 3 is 2.50 bits per heavy atom. The molecular formula is C8H10N6. The predicted molar refractivity (Wildman–Crippen MR) is 54.3 cm³/mol. The topological polar surface area (TPSA) is 94.8 Å². The third-order valence-electron chi connectivity index (χ3n) is 1.61. The van der Waals surface area contributed by atoms with Gasteiger partial charge in [0.2, 0.25) is 5.95 Å². The van der Waals surface area contributed by atoms with E-state index in [2.05, 4.69) is 15.4 Å². The molecule has 2 aromatic heterocycles. The van der Waals surface area contributed by atoms with Crippen LogP contribution >= 0.6 is 0 Å². The Hall–Kier alpha value is -2.24. The van der Waals surface area contributed by atoms with Gasteiger partial charge in [-0.25, -0.2) is 0 Å². The molecular weight excluding hydrogens is 180 g/mol. The molecule has 0 saturated heterocycles. The average molecular weight is 190 g/mol. The maximum absolute atomic E-state index is 5.51. The lowest BCUT2D eigenvalue weighted by molar-refractivity contribution is 0.950. The van der Waals surface area contributed by atoms with E-state index in [1.54, 1.807) is 10.7 Å². The van der Waals surface area contributed by atoms with Crippen LogP contribution in [0.3, 0.4) is 0 Å². The van der Waals surface area contributed by atoms with Crippen LogP contribution in [-0.4, -0.2) is 14.6 Å². The maximum Gasteiger partial charge on any atom is 0.223 e. The zero-order valence-electron chi connectivity index (χ0n) is 7.38. The highest BCUT2D eigenvalue weighted by atomic mass is 15.4. The van der Waals surface area contributed by atoms with E-state index >= 15 is 0 Å². The summed E-state index contributed by atoms with van der Waals surface area (Å²) in [6.07, 6.45) is 3.68. The van der Waals surface area contributed by atoms with Gasteiger partial charge in [0.15, 0.2) is 5.82 Å². The van der Waals surface area contributed by atoms with Crippen LogP contribution < -0.4 is 16.9 Å². The smallest absolute Gasteiger partial charge is 0.223 e. The van der Waals surface area contributed by atoms with Crippen LogP contribution in [0.4, 0.5) is 17.6 Å². The van der Waals surface area contributed by atoms with Gasteiger partial charge in [-0.05, 0) is 12.1 Å². The molecule has 2 rings (SSSR count). The van der Waals surface area contributed by atoms with Gasteiger partial charge in [0.05, 0.1) is 0 Å². The number of nitrogen functional groups attached to an aromatic ring is 2. The first-order chi connectivity index (χ1) is 6.74. The van der Waals surface area contributed by atoms with Crippen molar-refractivity contribution in [3.05, 3.63) is 30.6 Å². The quantitative estimate of drug-likeness (QED) is 0.633. The monoisotopic (exact) mass is 190 g/mol.